The van der Waals surface area contributed by atoms with Crippen LogP contribution in [0.25, 0.3) is 0 Å². The maximum Gasteiger partial charge on any atom is 0.296 e. The zero-order valence-electron chi connectivity index (χ0n) is 8.91. The molecule has 1 fully saturated rings. The number of ether oxygens (including phenoxy) is 1. The number of aromatic nitrogens is 2. The lowest BCUT2D eigenvalue weighted by Crippen LogP contribution is -2.22. The smallest absolute Gasteiger partial charge is 0.296 e. The number of nitrogens with zero attached hydrogens (tertiary/aromatic N) is 2. The molecule has 1 saturated carbocycles. The first-order valence-electron chi connectivity index (χ1n) is 5.73. The minimum atomic E-state index is 0.130. The third kappa shape index (κ3) is 1.86. The van der Waals surface area contributed by atoms with Gasteiger partial charge in [-0.3, -0.25) is 0 Å². The number of rotatable bonds is 3. The second kappa shape index (κ2) is 3.23. The highest BCUT2D eigenvalue weighted by atomic mass is 16.5. The van der Waals surface area contributed by atoms with Gasteiger partial charge in [-0.1, -0.05) is 0 Å². The van der Waals surface area contributed by atoms with Crippen LogP contribution in [0.5, 0.6) is 6.01 Å². The monoisotopic (exact) mass is 207 g/mol. The van der Waals surface area contributed by atoms with Gasteiger partial charge in [0.2, 0.25) is 0 Å². The number of fused-ring (bicyclic) bond motifs is 1. The van der Waals surface area contributed by atoms with Crippen LogP contribution in [0.1, 0.15) is 31.4 Å². The maximum atomic E-state index is 6.05. The van der Waals surface area contributed by atoms with Gasteiger partial charge >= 0.3 is 0 Å². The Hall–Kier alpha value is -1.03. The van der Waals surface area contributed by atoms with Crippen molar-refractivity contribution in [3.8, 4) is 6.01 Å². The Morgan fingerprint density at radius 3 is 3.13 bits per heavy atom. The maximum absolute atomic E-state index is 6.05. The van der Waals surface area contributed by atoms with E-state index in [9.17, 15) is 0 Å². The van der Waals surface area contributed by atoms with Gasteiger partial charge in [-0.2, -0.15) is 0 Å². The van der Waals surface area contributed by atoms with E-state index in [-0.39, 0.29) is 5.54 Å². The molecule has 4 heteroatoms. The molecular formula is C11H17N3O. The summed E-state index contributed by atoms with van der Waals surface area (Å²) in [6, 6.07) is 0.790. The van der Waals surface area contributed by atoms with Crippen molar-refractivity contribution in [3.05, 3.63) is 11.9 Å². The first kappa shape index (κ1) is 9.21. The van der Waals surface area contributed by atoms with Crippen molar-refractivity contribution < 1.29 is 4.74 Å². The second-order valence-electron chi connectivity index (χ2n) is 4.77. The fraction of sp³-hybridized carbons (Fsp3) is 0.727. The molecule has 0 aromatic carbocycles. The van der Waals surface area contributed by atoms with E-state index in [1.165, 1.54) is 12.8 Å². The molecule has 3 rings (SSSR count). The number of hydrogen-bond acceptors (Lipinski definition) is 3. The quantitative estimate of drug-likeness (QED) is 0.807. The predicted octanol–water partition coefficient (Wildman–Crippen LogP) is 1.09. The van der Waals surface area contributed by atoms with Crippen molar-refractivity contribution in [2.24, 2.45) is 5.73 Å². The van der Waals surface area contributed by atoms with E-state index < -0.39 is 0 Å². The number of hydrogen-bond donors (Lipinski definition) is 1. The van der Waals surface area contributed by atoms with E-state index in [2.05, 4.69) is 15.7 Å². The van der Waals surface area contributed by atoms with Crippen molar-refractivity contribution in [3.63, 3.8) is 0 Å². The molecule has 2 aliphatic rings. The molecule has 1 aliphatic carbocycles. The molecule has 0 saturated heterocycles. The number of imidazole rings is 1. The second-order valence-corrected chi connectivity index (χ2v) is 4.77. The van der Waals surface area contributed by atoms with Crippen LogP contribution in [0.4, 0.5) is 0 Å². The van der Waals surface area contributed by atoms with Gasteiger partial charge in [0.05, 0.1) is 12.3 Å². The molecule has 0 radical (unpaired) electrons. The summed E-state index contributed by atoms with van der Waals surface area (Å²) in [6.45, 7) is 1.84. The molecule has 0 atom stereocenters. The van der Waals surface area contributed by atoms with Crippen molar-refractivity contribution in [2.45, 2.75) is 44.2 Å². The molecule has 0 bridgehead atoms. The Labute approximate surface area is 89.4 Å². The highest BCUT2D eigenvalue weighted by molar-refractivity contribution is 5.12. The van der Waals surface area contributed by atoms with Gasteiger partial charge in [0.1, 0.15) is 0 Å². The molecule has 1 aromatic rings. The zero-order valence-corrected chi connectivity index (χ0v) is 8.91. The van der Waals surface area contributed by atoms with E-state index in [1.54, 1.807) is 0 Å². The summed E-state index contributed by atoms with van der Waals surface area (Å²) in [7, 11) is 0. The van der Waals surface area contributed by atoms with Crippen LogP contribution in [0.2, 0.25) is 0 Å². The summed E-state index contributed by atoms with van der Waals surface area (Å²) in [5.41, 5.74) is 7.31. The van der Waals surface area contributed by atoms with Gasteiger partial charge < -0.3 is 15.0 Å². The topological polar surface area (TPSA) is 53.1 Å². The number of aryl methyl sites for hydroxylation is 2. The standard InChI is InChI=1S/C11H17N3O/c12-11(4-5-11)3-2-9-8-14-6-1-7-15-10(14)13-9/h8H,1-7,12H2. The lowest BCUT2D eigenvalue weighted by atomic mass is 10.1. The van der Waals surface area contributed by atoms with Crippen molar-refractivity contribution in [1.82, 2.24) is 9.55 Å². The molecule has 4 nitrogen and oxygen atoms in total. The molecule has 82 valence electrons. The molecule has 15 heavy (non-hydrogen) atoms. The van der Waals surface area contributed by atoms with Crippen LogP contribution in [-0.2, 0) is 13.0 Å². The molecule has 0 spiro atoms. The fourth-order valence-electron chi connectivity index (χ4n) is 2.03. The van der Waals surface area contributed by atoms with Gasteiger partial charge in [0, 0.05) is 18.3 Å². The van der Waals surface area contributed by atoms with E-state index in [4.69, 9.17) is 10.5 Å². The Morgan fingerprint density at radius 1 is 1.53 bits per heavy atom. The molecule has 2 heterocycles. The van der Waals surface area contributed by atoms with Gasteiger partial charge in [-0.15, -0.1) is 0 Å². The molecule has 0 amide bonds. The summed E-state index contributed by atoms with van der Waals surface area (Å²) in [4.78, 5) is 4.47. The summed E-state index contributed by atoms with van der Waals surface area (Å²) in [5, 5.41) is 0. The summed E-state index contributed by atoms with van der Waals surface area (Å²) < 4.78 is 7.58. The van der Waals surface area contributed by atoms with Crippen LogP contribution in [0, 0.1) is 0 Å². The minimum absolute atomic E-state index is 0.130. The van der Waals surface area contributed by atoms with Gasteiger partial charge in [-0.05, 0) is 32.1 Å². The van der Waals surface area contributed by atoms with Crippen molar-refractivity contribution in [1.29, 1.82) is 0 Å². The van der Waals surface area contributed by atoms with E-state index in [0.717, 1.165) is 44.1 Å². The first-order chi connectivity index (χ1) is 7.25. The van der Waals surface area contributed by atoms with E-state index in [1.807, 2.05) is 0 Å². The zero-order chi connectivity index (χ0) is 10.3. The third-order valence-electron chi connectivity index (χ3n) is 3.34. The molecule has 1 aliphatic heterocycles. The predicted molar refractivity (Wildman–Crippen MR) is 56.8 cm³/mol. The van der Waals surface area contributed by atoms with Crippen LogP contribution < -0.4 is 10.5 Å². The van der Waals surface area contributed by atoms with Crippen molar-refractivity contribution in [2.75, 3.05) is 6.61 Å². The Balaban J connectivity index is 1.67. The van der Waals surface area contributed by atoms with Gasteiger partial charge in [0.25, 0.3) is 6.01 Å². The average molecular weight is 207 g/mol. The van der Waals surface area contributed by atoms with Crippen LogP contribution in [0.3, 0.4) is 0 Å². The lowest BCUT2D eigenvalue weighted by molar-refractivity contribution is 0.230. The average Bonchev–Trinajstić information content (AvgIpc) is 2.83. The highest BCUT2D eigenvalue weighted by Gasteiger charge is 2.37. The van der Waals surface area contributed by atoms with E-state index >= 15 is 0 Å². The minimum Gasteiger partial charge on any atom is -0.465 e. The molecule has 1 aromatic heterocycles. The molecule has 2 N–H and O–H groups in total. The Bertz CT molecular complexity index is 344. The first-order valence-corrected chi connectivity index (χ1v) is 5.73. The SMILES string of the molecule is NC1(CCc2cn3c(n2)OCCC3)CC1. The molecule has 0 unspecified atom stereocenters. The van der Waals surface area contributed by atoms with Crippen molar-refractivity contribution >= 4 is 0 Å². The summed E-state index contributed by atoms with van der Waals surface area (Å²) in [6.07, 6.45) is 7.60. The van der Waals surface area contributed by atoms with Crippen LogP contribution >= 0.6 is 0 Å². The van der Waals surface area contributed by atoms with Gasteiger partial charge in [0.15, 0.2) is 0 Å². The lowest BCUT2D eigenvalue weighted by Gasteiger charge is -2.13. The highest BCUT2D eigenvalue weighted by Crippen LogP contribution is 2.36. The summed E-state index contributed by atoms with van der Waals surface area (Å²) >= 11 is 0. The summed E-state index contributed by atoms with van der Waals surface area (Å²) in [5.74, 6) is 0. The van der Waals surface area contributed by atoms with Gasteiger partial charge in [-0.25, -0.2) is 4.98 Å². The third-order valence-corrected chi connectivity index (χ3v) is 3.34. The fourth-order valence-corrected chi connectivity index (χ4v) is 2.03. The van der Waals surface area contributed by atoms with Crippen LogP contribution in [0.15, 0.2) is 6.20 Å². The Morgan fingerprint density at radius 2 is 2.40 bits per heavy atom. The number of nitrogens with two attached hydrogens (primary N) is 1. The molecular weight excluding hydrogens is 190 g/mol. The van der Waals surface area contributed by atoms with E-state index in [0.29, 0.717) is 0 Å². The largest absolute Gasteiger partial charge is 0.465 e. The Kier molecular flexibility index (Phi) is 1.99. The normalized spacial score (nSPS) is 21.9. The van der Waals surface area contributed by atoms with Crippen LogP contribution in [-0.4, -0.2) is 21.7 Å².